The lowest BCUT2D eigenvalue weighted by Crippen LogP contribution is -2.01. The molecule has 0 amide bonds. The van der Waals surface area contributed by atoms with E-state index >= 15 is 0 Å². The lowest BCUT2D eigenvalue weighted by molar-refractivity contribution is -0.383. The minimum atomic E-state index is -0.392. The smallest absolute Gasteiger partial charge is 0.315 e. The molecule has 0 saturated heterocycles. The van der Waals surface area contributed by atoms with Gasteiger partial charge in [0.05, 0.1) is 4.92 Å². The number of rotatable bonds is 4. The van der Waals surface area contributed by atoms with E-state index in [0.29, 0.717) is 11.4 Å². The summed E-state index contributed by atoms with van der Waals surface area (Å²) in [7, 11) is 1.66. The SMILES string of the molecule is CNc1cccc(Nc2ccccc2)c1[N+](=O)[O-]. The zero-order valence-corrected chi connectivity index (χ0v) is 9.88. The number of nitrogens with one attached hydrogen (secondary N) is 2. The van der Waals surface area contributed by atoms with Crippen LogP contribution in [0.5, 0.6) is 0 Å². The highest BCUT2D eigenvalue weighted by Crippen LogP contribution is 2.34. The van der Waals surface area contributed by atoms with E-state index in [1.165, 1.54) is 0 Å². The molecule has 2 aromatic carbocycles. The van der Waals surface area contributed by atoms with Gasteiger partial charge in [0, 0.05) is 12.7 Å². The highest BCUT2D eigenvalue weighted by atomic mass is 16.6. The number of nitrogens with zero attached hydrogens (tertiary/aromatic N) is 1. The topological polar surface area (TPSA) is 67.2 Å². The van der Waals surface area contributed by atoms with Gasteiger partial charge in [0.15, 0.2) is 0 Å². The molecule has 0 atom stereocenters. The maximum atomic E-state index is 11.1. The summed E-state index contributed by atoms with van der Waals surface area (Å²) in [6.45, 7) is 0. The summed E-state index contributed by atoms with van der Waals surface area (Å²) in [6, 6.07) is 14.5. The molecule has 0 unspecified atom stereocenters. The summed E-state index contributed by atoms with van der Waals surface area (Å²) < 4.78 is 0. The van der Waals surface area contributed by atoms with Gasteiger partial charge in [0.2, 0.25) is 0 Å². The summed E-state index contributed by atoms with van der Waals surface area (Å²) in [5.74, 6) is 0. The maximum Gasteiger partial charge on any atom is 0.315 e. The fourth-order valence-corrected chi connectivity index (χ4v) is 1.72. The quantitative estimate of drug-likeness (QED) is 0.638. The molecule has 0 bridgehead atoms. The summed E-state index contributed by atoms with van der Waals surface area (Å²) >= 11 is 0. The molecule has 5 nitrogen and oxygen atoms in total. The number of nitro groups is 1. The van der Waals surface area contributed by atoms with Crippen LogP contribution in [0.1, 0.15) is 0 Å². The Balaban J connectivity index is 2.42. The Morgan fingerprint density at radius 2 is 1.67 bits per heavy atom. The van der Waals surface area contributed by atoms with Crippen molar-refractivity contribution in [1.29, 1.82) is 0 Å². The molecule has 2 rings (SSSR count). The van der Waals surface area contributed by atoms with Gasteiger partial charge in [0.1, 0.15) is 11.4 Å². The number of benzene rings is 2. The van der Waals surface area contributed by atoms with Gasteiger partial charge in [-0.2, -0.15) is 0 Å². The van der Waals surface area contributed by atoms with Gasteiger partial charge in [0.25, 0.3) is 0 Å². The molecule has 0 heterocycles. The van der Waals surface area contributed by atoms with Crippen molar-refractivity contribution in [2.24, 2.45) is 0 Å². The molecule has 5 heteroatoms. The molecule has 0 saturated carbocycles. The van der Waals surface area contributed by atoms with E-state index in [1.54, 1.807) is 25.2 Å². The van der Waals surface area contributed by atoms with E-state index in [4.69, 9.17) is 0 Å². The minimum Gasteiger partial charge on any atom is -0.382 e. The van der Waals surface area contributed by atoms with Gasteiger partial charge < -0.3 is 10.6 Å². The van der Waals surface area contributed by atoms with Crippen LogP contribution in [0, 0.1) is 10.1 Å². The Bertz CT molecular complexity index is 555. The van der Waals surface area contributed by atoms with Crippen LogP contribution in [0.25, 0.3) is 0 Å². The fourth-order valence-electron chi connectivity index (χ4n) is 1.72. The molecule has 92 valence electrons. The third-order valence-electron chi connectivity index (χ3n) is 2.54. The van der Waals surface area contributed by atoms with E-state index < -0.39 is 4.92 Å². The van der Waals surface area contributed by atoms with Gasteiger partial charge in [-0.05, 0) is 24.3 Å². The van der Waals surface area contributed by atoms with Crippen LogP contribution in [-0.4, -0.2) is 12.0 Å². The van der Waals surface area contributed by atoms with Crippen LogP contribution < -0.4 is 10.6 Å². The Morgan fingerprint density at radius 3 is 2.28 bits per heavy atom. The first-order valence-electron chi connectivity index (χ1n) is 5.49. The van der Waals surface area contributed by atoms with Crippen molar-refractivity contribution < 1.29 is 4.92 Å². The lowest BCUT2D eigenvalue weighted by Gasteiger charge is -2.09. The zero-order valence-electron chi connectivity index (χ0n) is 9.88. The average molecular weight is 243 g/mol. The van der Waals surface area contributed by atoms with Crippen molar-refractivity contribution in [2.45, 2.75) is 0 Å². The molecule has 0 fully saturated rings. The highest BCUT2D eigenvalue weighted by molar-refractivity contribution is 5.79. The normalized spacial score (nSPS) is 9.83. The largest absolute Gasteiger partial charge is 0.382 e. The van der Waals surface area contributed by atoms with Crippen LogP contribution in [0.2, 0.25) is 0 Å². The standard InChI is InChI=1S/C13H13N3O2/c1-14-11-8-5-9-12(13(11)16(17)18)15-10-6-3-2-4-7-10/h2-9,14-15H,1H3. The predicted molar refractivity (Wildman–Crippen MR) is 72.4 cm³/mol. The molecule has 0 spiro atoms. The monoisotopic (exact) mass is 243 g/mol. The van der Waals surface area contributed by atoms with Gasteiger partial charge in [-0.1, -0.05) is 24.3 Å². The predicted octanol–water partition coefficient (Wildman–Crippen LogP) is 3.38. The molecule has 0 aromatic heterocycles. The first-order valence-corrected chi connectivity index (χ1v) is 5.49. The van der Waals surface area contributed by atoms with Crippen molar-refractivity contribution in [1.82, 2.24) is 0 Å². The lowest BCUT2D eigenvalue weighted by atomic mass is 10.2. The Labute approximate surface area is 105 Å². The molecule has 0 aliphatic carbocycles. The van der Waals surface area contributed by atoms with Gasteiger partial charge in [-0.25, -0.2) is 0 Å². The summed E-state index contributed by atoms with van der Waals surface area (Å²) in [5, 5.41) is 17.0. The second kappa shape index (κ2) is 5.18. The molecule has 2 aromatic rings. The molecule has 0 aliphatic rings. The Kier molecular flexibility index (Phi) is 3.43. The third-order valence-corrected chi connectivity index (χ3v) is 2.54. The van der Waals surface area contributed by atoms with E-state index in [0.717, 1.165) is 5.69 Å². The molecule has 2 N–H and O–H groups in total. The highest BCUT2D eigenvalue weighted by Gasteiger charge is 2.18. The van der Waals surface area contributed by atoms with Gasteiger partial charge in [-0.15, -0.1) is 0 Å². The fraction of sp³-hybridized carbons (Fsp3) is 0.0769. The Morgan fingerprint density at radius 1 is 1.00 bits per heavy atom. The van der Waals surface area contributed by atoms with Crippen LogP contribution in [-0.2, 0) is 0 Å². The summed E-state index contributed by atoms with van der Waals surface area (Å²) in [5.41, 5.74) is 1.82. The second-order valence-corrected chi connectivity index (χ2v) is 3.70. The van der Waals surface area contributed by atoms with Crippen molar-refractivity contribution in [2.75, 3.05) is 17.7 Å². The van der Waals surface area contributed by atoms with Gasteiger partial charge >= 0.3 is 5.69 Å². The van der Waals surface area contributed by atoms with Crippen molar-refractivity contribution in [3.63, 3.8) is 0 Å². The molecule has 18 heavy (non-hydrogen) atoms. The number of hydrogen-bond acceptors (Lipinski definition) is 4. The van der Waals surface area contributed by atoms with Crippen molar-refractivity contribution >= 4 is 22.7 Å². The molecular weight excluding hydrogens is 230 g/mol. The second-order valence-electron chi connectivity index (χ2n) is 3.70. The summed E-state index contributed by atoms with van der Waals surface area (Å²) in [6.07, 6.45) is 0. The first-order chi connectivity index (χ1) is 8.72. The van der Waals surface area contributed by atoms with E-state index in [2.05, 4.69) is 10.6 Å². The third kappa shape index (κ3) is 2.40. The van der Waals surface area contributed by atoms with Crippen LogP contribution >= 0.6 is 0 Å². The van der Waals surface area contributed by atoms with Crippen molar-refractivity contribution in [3.05, 3.63) is 58.6 Å². The van der Waals surface area contributed by atoms with E-state index in [1.807, 2.05) is 30.3 Å². The van der Waals surface area contributed by atoms with Crippen LogP contribution in [0.4, 0.5) is 22.7 Å². The average Bonchev–Trinajstić information content (AvgIpc) is 2.39. The van der Waals surface area contributed by atoms with Crippen LogP contribution in [0.15, 0.2) is 48.5 Å². The van der Waals surface area contributed by atoms with Gasteiger partial charge in [-0.3, -0.25) is 10.1 Å². The number of anilines is 3. The Hall–Kier alpha value is -2.56. The minimum absolute atomic E-state index is 0.0452. The number of para-hydroxylation sites is 2. The van der Waals surface area contributed by atoms with Crippen molar-refractivity contribution in [3.8, 4) is 0 Å². The number of nitro benzene ring substituents is 1. The molecule has 0 aliphatic heterocycles. The summed E-state index contributed by atoms with van der Waals surface area (Å²) in [4.78, 5) is 10.7. The van der Waals surface area contributed by atoms with Crippen LogP contribution in [0.3, 0.4) is 0 Å². The first kappa shape index (κ1) is 11.9. The number of hydrogen-bond donors (Lipinski definition) is 2. The maximum absolute atomic E-state index is 11.1. The molecular formula is C13H13N3O2. The van der Waals surface area contributed by atoms with E-state index in [-0.39, 0.29) is 5.69 Å². The zero-order chi connectivity index (χ0) is 13.0. The molecule has 0 radical (unpaired) electrons. The van der Waals surface area contributed by atoms with E-state index in [9.17, 15) is 10.1 Å².